The maximum atomic E-state index is 11.7. The van der Waals surface area contributed by atoms with Gasteiger partial charge in [-0.05, 0) is 42.5 Å². The minimum Gasteiger partial charge on any atom is -0.497 e. The summed E-state index contributed by atoms with van der Waals surface area (Å²) in [5.74, 6) is 0.657. The van der Waals surface area contributed by atoms with E-state index >= 15 is 0 Å². The van der Waals surface area contributed by atoms with Gasteiger partial charge in [0.15, 0.2) is 0 Å². The molecule has 4 N–H and O–H groups in total. The minimum atomic E-state index is -0.650. The molecule has 6 heteroatoms. The summed E-state index contributed by atoms with van der Waals surface area (Å²) in [6, 6.07) is 12.6. The first-order valence-electron chi connectivity index (χ1n) is 6.88. The van der Waals surface area contributed by atoms with E-state index in [0.29, 0.717) is 17.0 Å². The predicted molar refractivity (Wildman–Crippen MR) is 86.9 cm³/mol. The lowest BCUT2D eigenvalue weighted by atomic mass is 10.0. The van der Waals surface area contributed by atoms with Gasteiger partial charge >= 0.3 is 0 Å². The van der Waals surface area contributed by atoms with Crippen molar-refractivity contribution in [3.05, 3.63) is 54.3 Å². The van der Waals surface area contributed by atoms with Gasteiger partial charge in [0.1, 0.15) is 17.3 Å². The van der Waals surface area contributed by atoms with Crippen LogP contribution in [0.2, 0.25) is 0 Å². The molecule has 116 valence electrons. The summed E-state index contributed by atoms with van der Waals surface area (Å²) in [6.07, 6.45) is 1.52. The number of nitrogen functional groups attached to an aromatic ring is 1. The van der Waals surface area contributed by atoms with Crippen LogP contribution in [-0.4, -0.2) is 18.0 Å². The molecule has 2 aromatic heterocycles. The molecule has 0 bridgehead atoms. The van der Waals surface area contributed by atoms with Gasteiger partial charge in [-0.2, -0.15) is 0 Å². The van der Waals surface area contributed by atoms with Gasteiger partial charge in [-0.25, -0.2) is 4.98 Å². The van der Waals surface area contributed by atoms with Crippen LogP contribution in [0.15, 0.2) is 53.1 Å². The molecule has 0 unspecified atom stereocenters. The Labute approximate surface area is 132 Å². The Kier molecular flexibility index (Phi) is 3.72. The fourth-order valence-corrected chi connectivity index (χ4v) is 2.36. The molecule has 1 aromatic carbocycles. The number of carbonyl (C=O) groups excluding carboxylic acids is 1. The Bertz CT molecular complexity index is 840. The number of aromatic nitrogens is 1. The van der Waals surface area contributed by atoms with Gasteiger partial charge in [-0.1, -0.05) is 0 Å². The first kappa shape index (κ1) is 14.6. The van der Waals surface area contributed by atoms with Gasteiger partial charge in [0, 0.05) is 11.1 Å². The average Bonchev–Trinajstić information content (AvgIpc) is 3.08. The highest BCUT2D eigenvalue weighted by molar-refractivity contribution is 6.04. The number of rotatable bonds is 4. The van der Waals surface area contributed by atoms with Crippen LogP contribution in [0.1, 0.15) is 10.4 Å². The Morgan fingerprint density at radius 2 is 1.96 bits per heavy atom. The van der Waals surface area contributed by atoms with Gasteiger partial charge in [0.2, 0.25) is 0 Å². The maximum Gasteiger partial charge on any atom is 0.253 e. The van der Waals surface area contributed by atoms with Crippen LogP contribution in [0.25, 0.3) is 22.6 Å². The third kappa shape index (κ3) is 2.74. The molecule has 6 nitrogen and oxygen atoms in total. The fourth-order valence-electron chi connectivity index (χ4n) is 2.36. The number of carbonyl (C=O) groups is 1. The molecule has 23 heavy (non-hydrogen) atoms. The molecule has 1 amide bonds. The van der Waals surface area contributed by atoms with Crippen molar-refractivity contribution in [2.45, 2.75) is 0 Å². The standard InChI is InChI=1S/C17H15N3O3/c1-22-11-6-4-10(5-7-11)13-9-12(14-3-2-8-23-14)15(17(19)21)16(18)20-13/h2-9H,1H3,(H2,18,20)(H2,19,21). The SMILES string of the molecule is COc1ccc(-c2cc(-c3ccco3)c(C(N)=O)c(N)n2)cc1. The van der Waals surface area contributed by atoms with Gasteiger partial charge in [-0.3, -0.25) is 4.79 Å². The highest BCUT2D eigenvalue weighted by Gasteiger charge is 2.19. The van der Waals surface area contributed by atoms with Crippen LogP contribution in [0.3, 0.4) is 0 Å². The molecule has 0 atom stereocenters. The summed E-state index contributed by atoms with van der Waals surface area (Å²) in [7, 11) is 1.60. The molecule has 3 aromatic rings. The highest BCUT2D eigenvalue weighted by Crippen LogP contribution is 2.32. The number of nitrogens with zero attached hydrogens (tertiary/aromatic N) is 1. The van der Waals surface area contributed by atoms with Crippen molar-refractivity contribution in [2.24, 2.45) is 5.73 Å². The van der Waals surface area contributed by atoms with E-state index in [1.807, 2.05) is 24.3 Å². The second-order valence-electron chi connectivity index (χ2n) is 4.89. The number of hydrogen-bond donors (Lipinski definition) is 2. The van der Waals surface area contributed by atoms with E-state index in [-0.39, 0.29) is 11.4 Å². The van der Waals surface area contributed by atoms with Crippen LogP contribution in [0.4, 0.5) is 5.82 Å². The van der Waals surface area contributed by atoms with E-state index in [1.54, 1.807) is 25.3 Å². The van der Waals surface area contributed by atoms with E-state index in [0.717, 1.165) is 11.3 Å². The van der Waals surface area contributed by atoms with Crippen LogP contribution in [-0.2, 0) is 0 Å². The van der Waals surface area contributed by atoms with Gasteiger partial charge in [0.05, 0.1) is 24.6 Å². The molecule has 0 fully saturated rings. The maximum absolute atomic E-state index is 11.7. The Morgan fingerprint density at radius 1 is 1.22 bits per heavy atom. The molecule has 0 radical (unpaired) electrons. The average molecular weight is 309 g/mol. The molecule has 0 saturated carbocycles. The number of nitrogens with two attached hydrogens (primary N) is 2. The lowest BCUT2D eigenvalue weighted by Crippen LogP contribution is -2.16. The highest BCUT2D eigenvalue weighted by atomic mass is 16.5. The molecule has 0 aliphatic carbocycles. The third-order valence-electron chi connectivity index (χ3n) is 3.47. The summed E-state index contributed by atoms with van der Waals surface area (Å²) in [6.45, 7) is 0. The van der Waals surface area contributed by atoms with E-state index < -0.39 is 5.91 Å². The summed E-state index contributed by atoms with van der Waals surface area (Å²) < 4.78 is 10.5. The zero-order valence-corrected chi connectivity index (χ0v) is 12.4. The molecule has 3 rings (SSSR count). The number of ether oxygens (including phenoxy) is 1. The van der Waals surface area contributed by atoms with Gasteiger partial charge in [-0.15, -0.1) is 0 Å². The smallest absolute Gasteiger partial charge is 0.253 e. The summed E-state index contributed by atoms with van der Waals surface area (Å²) in [4.78, 5) is 16.0. The van der Waals surface area contributed by atoms with Gasteiger partial charge < -0.3 is 20.6 Å². The lowest BCUT2D eigenvalue weighted by Gasteiger charge is -2.11. The molecule has 2 heterocycles. The van der Waals surface area contributed by atoms with Crippen molar-refractivity contribution in [2.75, 3.05) is 12.8 Å². The lowest BCUT2D eigenvalue weighted by molar-refractivity contribution is 0.100. The zero-order valence-electron chi connectivity index (χ0n) is 12.4. The topological polar surface area (TPSA) is 104 Å². The monoisotopic (exact) mass is 309 g/mol. The van der Waals surface area contributed by atoms with Crippen molar-refractivity contribution in [1.82, 2.24) is 4.98 Å². The quantitative estimate of drug-likeness (QED) is 0.771. The van der Waals surface area contributed by atoms with Crippen LogP contribution >= 0.6 is 0 Å². The molecular weight excluding hydrogens is 294 g/mol. The van der Waals surface area contributed by atoms with Crippen molar-refractivity contribution in [3.8, 4) is 28.3 Å². The van der Waals surface area contributed by atoms with E-state index in [2.05, 4.69) is 4.98 Å². The minimum absolute atomic E-state index is 0.0669. The van der Waals surface area contributed by atoms with E-state index in [4.69, 9.17) is 20.6 Å². The number of amides is 1. The Morgan fingerprint density at radius 3 is 2.52 bits per heavy atom. The first-order chi connectivity index (χ1) is 11.1. The zero-order chi connectivity index (χ0) is 16.4. The normalized spacial score (nSPS) is 10.5. The third-order valence-corrected chi connectivity index (χ3v) is 3.47. The predicted octanol–water partition coefficient (Wildman–Crippen LogP) is 2.70. The van der Waals surface area contributed by atoms with E-state index in [9.17, 15) is 4.79 Å². The second-order valence-corrected chi connectivity index (χ2v) is 4.89. The summed E-state index contributed by atoms with van der Waals surface area (Å²) >= 11 is 0. The van der Waals surface area contributed by atoms with Gasteiger partial charge in [0.25, 0.3) is 5.91 Å². The number of methoxy groups -OCH3 is 1. The Balaban J connectivity index is 2.17. The number of hydrogen-bond acceptors (Lipinski definition) is 5. The van der Waals surface area contributed by atoms with Crippen molar-refractivity contribution in [3.63, 3.8) is 0 Å². The second kappa shape index (κ2) is 5.84. The number of primary amides is 1. The number of anilines is 1. The molecule has 0 saturated heterocycles. The van der Waals surface area contributed by atoms with Crippen LogP contribution in [0.5, 0.6) is 5.75 Å². The number of pyridine rings is 1. The summed E-state index contributed by atoms with van der Waals surface area (Å²) in [5, 5.41) is 0. The van der Waals surface area contributed by atoms with Crippen molar-refractivity contribution in [1.29, 1.82) is 0 Å². The molecular formula is C17H15N3O3. The van der Waals surface area contributed by atoms with Crippen LogP contribution in [0, 0.1) is 0 Å². The number of furan rings is 1. The largest absolute Gasteiger partial charge is 0.497 e. The molecule has 0 aliphatic rings. The Hall–Kier alpha value is -3.28. The van der Waals surface area contributed by atoms with Crippen molar-refractivity contribution >= 4 is 11.7 Å². The van der Waals surface area contributed by atoms with Crippen LogP contribution < -0.4 is 16.2 Å². The molecule has 0 aliphatic heterocycles. The van der Waals surface area contributed by atoms with E-state index in [1.165, 1.54) is 6.26 Å². The molecule has 0 spiro atoms. The number of benzene rings is 1. The fraction of sp³-hybridized carbons (Fsp3) is 0.0588. The summed E-state index contributed by atoms with van der Waals surface area (Å²) in [5.41, 5.74) is 13.5. The van der Waals surface area contributed by atoms with Crippen molar-refractivity contribution < 1.29 is 13.9 Å². The first-order valence-corrected chi connectivity index (χ1v) is 6.88.